The van der Waals surface area contributed by atoms with Gasteiger partial charge in [-0.2, -0.15) is 0 Å². The smallest absolute Gasteiger partial charge is 0.0556 e. The molecule has 1 heterocycles. The first kappa shape index (κ1) is 13.3. The van der Waals surface area contributed by atoms with Crippen LogP contribution in [0.25, 0.3) is 0 Å². The Labute approximate surface area is 109 Å². The second kappa shape index (κ2) is 6.18. The van der Waals surface area contributed by atoms with Gasteiger partial charge in [0.2, 0.25) is 0 Å². The van der Waals surface area contributed by atoms with Crippen molar-refractivity contribution in [2.24, 2.45) is 5.73 Å². The van der Waals surface area contributed by atoms with Gasteiger partial charge in [0.15, 0.2) is 0 Å². The number of aliphatic hydroxyl groups is 1. The molecule has 0 saturated carbocycles. The fourth-order valence-electron chi connectivity index (χ4n) is 2.60. The Bertz CT molecular complexity index is 395. The van der Waals surface area contributed by atoms with Crippen LogP contribution in [0, 0.1) is 0 Å². The van der Waals surface area contributed by atoms with Crippen LogP contribution in [0.3, 0.4) is 0 Å². The van der Waals surface area contributed by atoms with Crippen LogP contribution in [0.2, 0.25) is 0 Å². The maximum absolute atomic E-state index is 8.87. The summed E-state index contributed by atoms with van der Waals surface area (Å²) in [5.41, 5.74) is 9.76. The van der Waals surface area contributed by atoms with Crippen LogP contribution in [0.4, 0.5) is 5.69 Å². The van der Waals surface area contributed by atoms with E-state index in [1.807, 2.05) is 0 Å². The fourth-order valence-corrected chi connectivity index (χ4v) is 2.60. The molecular weight excluding hydrogens is 226 g/mol. The zero-order valence-corrected chi connectivity index (χ0v) is 11.0. The maximum atomic E-state index is 8.87. The number of hydrogen-bond donors (Lipinski definition) is 3. The highest BCUT2D eigenvalue weighted by Crippen LogP contribution is 2.28. The first-order valence-corrected chi connectivity index (χ1v) is 6.64. The third kappa shape index (κ3) is 2.83. The Hall–Kier alpha value is -1.10. The van der Waals surface area contributed by atoms with Gasteiger partial charge >= 0.3 is 0 Å². The number of fused-ring (bicyclic) bond motifs is 1. The molecule has 4 N–H and O–H groups in total. The van der Waals surface area contributed by atoms with E-state index in [9.17, 15) is 0 Å². The van der Waals surface area contributed by atoms with Gasteiger partial charge in [0.25, 0.3) is 0 Å². The fraction of sp³-hybridized carbons (Fsp3) is 0.571. The van der Waals surface area contributed by atoms with E-state index in [1.54, 1.807) is 0 Å². The summed E-state index contributed by atoms with van der Waals surface area (Å²) in [6, 6.07) is 6.72. The van der Waals surface area contributed by atoms with Gasteiger partial charge in [-0.05, 0) is 30.0 Å². The number of anilines is 1. The van der Waals surface area contributed by atoms with Crippen molar-refractivity contribution >= 4 is 5.69 Å². The molecule has 0 spiro atoms. The Morgan fingerprint density at radius 3 is 3.06 bits per heavy atom. The lowest BCUT2D eigenvalue weighted by atomic mass is 9.96. The predicted molar refractivity (Wildman–Crippen MR) is 74.9 cm³/mol. The number of nitrogens with one attached hydrogen (secondary N) is 1. The van der Waals surface area contributed by atoms with Crippen LogP contribution in [0.1, 0.15) is 23.6 Å². The summed E-state index contributed by atoms with van der Waals surface area (Å²) in [6.45, 7) is 2.41. The SMILES string of the molecule is CN1CCCc2cc(C(CN)NCCO)ccc21. The first-order chi connectivity index (χ1) is 8.76. The van der Waals surface area contributed by atoms with Crippen molar-refractivity contribution in [3.63, 3.8) is 0 Å². The number of hydrogen-bond acceptors (Lipinski definition) is 4. The summed E-state index contributed by atoms with van der Waals surface area (Å²) in [6.07, 6.45) is 2.36. The summed E-state index contributed by atoms with van der Waals surface area (Å²) in [5.74, 6) is 0. The third-order valence-electron chi connectivity index (χ3n) is 3.60. The minimum absolute atomic E-state index is 0.134. The molecule has 0 amide bonds. The Morgan fingerprint density at radius 2 is 2.33 bits per heavy atom. The molecule has 1 aromatic carbocycles. The molecule has 1 aliphatic rings. The Kier molecular flexibility index (Phi) is 4.58. The second-order valence-corrected chi connectivity index (χ2v) is 4.88. The van der Waals surface area contributed by atoms with Crippen LogP contribution in [0.15, 0.2) is 18.2 Å². The predicted octanol–water partition coefficient (Wildman–Crippen LogP) is 0.651. The van der Waals surface area contributed by atoms with E-state index in [0.717, 1.165) is 13.0 Å². The molecule has 2 rings (SSSR count). The van der Waals surface area contributed by atoms with Crippen molar-refractivity contribution in [1.82, 2.24) is 5.32 Å². The standard InChI is InChI=1S/C14H23N3O/c1-17-7-2-3-12-9-11(4-5-14(12)17)13(10-15)16-6-8-18/h4-5,9,13,16,18H,2-3,6-8,10,15H2,1H3. The lowest BCUT2D eigenvalue weighted by Gasteiger charge is -2.29. The average Bonchev–Trinajstić information content (AvgIpc) is 2.40. The first-order valence-electron chi connectivity index (χ1n) is 6.64. The second-order valence-electron chi connectivity index (χ2n) is 4.88. The third-order valence-corrected chi connectivity index (χ3v) is 3.60. The lowest BCUT2D eigenvalue weighted by molar-refractivity contribution is 0.285. The molecule has 1 aliphatic heterocycles. The van der Waals surface area contributed by atoms with Crippen molar-refractivity contribution in [2.75, 3.05) is 38.2 Å². The molecule has 0 aliphatic carbocycles. The molecule has 0 bridgehead atoms. The van der Waals surface area contributed by atoms with Crippen LogP contribution >= 0.6 is 0 Å². The molecule has 1 atom stereocenters. The minimum Gasteiger partial charge on any atom is -0.395 e. The van der Waals surface area contributed by atoms with E-state index in [1.165, 1.54) is 23.2 Å². The number of benzene rings is 1. The summed E-state index contributed by atoms with van der Waals surface area (Å²) < 4.78 is 0. The largest absolute Gasteiger partial charge is 0.395 e. The van der Waals surface area contributed by atoms with Gasteiger partial charge in [-0.25, -0.2) is 0 Å². The van der Waals surface area contributed by atoms with E-state index in [4.69, 9.17) is 10.8 Å². The summed E-state index contributed by atoms with van der Waals surface area (Å²) in [7, 11) is 2.14. The van der Waals surface area contributed by atoms with Gasteiger partial charge in [-0.15, -0.1) is 0 Å². The summed E-state index contributed by atoms with van der Waals surface area (Å²) >= 11 is 0. The van der Waals surface area contributed by atoms with Gasteiger partial charge in [-0.3, -0.25) is 0 Å². The Balaban J connectivity index is 2.18. The summed E-state index contributed by atoms with van der Waals surface area (Å²) in [5, 5.41) is 12.1. The molecule has 18 heavy (non-hydrogen) atoms. The van der Waals surface area contributed by atoms with E-state index in [2.05, 4.69) is 35.5 Å². The van der Waals surface area contributed by atoms with Crippen LogP contribution in [-0.2, 0) is 6.42 Å². The molecule has 1 unspecified atom stereocenters. The summed E-state index contributed by atoms with van der Waals surface area (Å²) in [4.78, 5) is 2.31. The molecule has 4 heteroatoms. The van der Waals surface area contributed by atoms with Crippen LogP contribution < -0.4 is 16.0 Å². The monoisotopic (exact) mass is 249 g/mol. The molecule has 0 saturated heterocycles. The highest BCUT2D eigenvalue weighted by Gasteiger charge is 2.16. The van der Waals surface area contributed by atoms with Crippen molar-refractivity contribution in [3.05, 3.63) is 29.3 Å². The normalized spacial score (nSPS) is 16.5. The maximum Gasteiger partial charge on any atom is 0.0556 e. The molecule has 0 aromatic heterocycles. The van der Waals surface area contributed by atoms with E-state index >= 15 is 0 Å². The molecule has 1 aromatic rings. The zero-order chi connectivity index (χ0) is 13.0. The zero-order valence-electron chi connectivity index (χ0n) is 11.0. The molecule has 100 valence electrons. The van der Waals surface area contributed by atoms with Crippen molar-refractivity contribution in [3.8, 4) is 0 Å². The van der Waals surface area contributed by atoms with Crippen LogP contribution in [-0.4, -0.2) is 38.4 Å². The van der Waals surface area contributed by atoms with Crippen LogP contribution in [0.5, 0.6) is 0 Å². The van der Waals surface area contributed by atoms with Crippen molar-refractivity contribution in [2.45, 2.75) is 18.9 Å². The average molecular weight is 249 g/mol. The van der Waals surface area contributed by atoms with Gasteiger partial charge in [0.05, 0.1) is 6.61 Å². The Morgan fingerprint density at radius 1 is 1.50 bits per heavy atom. The minimum atomic E-state index is 0.134. The van der Waals surface area contributed by atoms with E-state index < -0.39 is 0 Å². The lowest BCUT2D eigenvalue weighted by Crippen LogP contribution is -2.31. The van der Waals surface area contributed by atoms with Crippen molar-refractivity contribution in [1.29, 1.82) is 0 Å². The molecule has 0 fully saturated rings. The highest BCUT2D eigenvalue weighted by molar-refractivity contribution is 5.56. The van der Waals surface area contributed by atoms with Crippen molar-refractivity contribution < 1.29 is 5.11 Å². The van der Waals surface area contributed by atoms with Gasteiger partial charge in [0.1, 0.15) is 0 Å². The number of aliphatic hydroxyl groups excluding tert-OH is 1. The highest BCUT2D eigenvalue weighted by atomic mass is 16.3. The quantitative estimate of drug-likeness (QED) is 0.717. The number of rotatable bonds is 5. The molecule has 0 radical (unpaired) electrons. The van der Waals surface area contributed by atoms with E-state index in [0.29, 0.717) is 13.1 Å². The van der Waals surface area contributed by atoms with E-state index in [-0.39, 0.29) is 12.6 Å². The number of nitrogens with zero attached hydrogens (tertiary/aromatic N) is 1. The van der Waals surface area contributed by atoms with Gasteiger partial charge in [0, 0.05) is 38.4 Å². The number of nitrogens with two attached hydrogens (primary N) is 1. The van der Waals surface area contributed by atoms with Gasteiger partial charge in [-0.1, -0.05) is 12.1 Å². The van der Waals surface area contributed by atoms with Gasteiger partial charge < -0.3 is 21.1 Å². The molecule has 4 nitrogen and oxygen atoms in total. The molecular formula is C14H23N3O. The topological polar surface area (TPSA) is 61.5 Å². The number of aryl methyl sites for hydroxylation is 1.